The molecule has 4 aromatic rings. The molecule has 9 heteroatoms. The molecule has 0 aliphatic rings. The fraction of sp³-hybridized carbons (Fsp3) is 0.130. The van der Waals surface area contributed by atoms with E-state index in [4.69, 9.17) is 32.4 Å². The summed E-state index contributed by atoms with van der Waals surface area (Å²) in [4.78, 5) is 12.5. The number of amides is 1. The monoisotopic (exact) mass is 473 g/mol. The molecule has 2 aromatic carbocycles. The van der Waals surface area contributed by atoms with Gasteiger partial charge in [0.2, 0.25) is 0 Å². The molecule has 0 atom stereocenters. The van der Waals surface area contributed by atoms with Gasteiger partial charge in [0.1, 0.15) is 29.0 Å². The van der Waals surface area contributed by atoms with Gasteiger partial charge in [-0.1, -0.05) is 35.3 Å². The standard InChI is InChI=1S/C23H18Cl2FN3O3/c1-14-10-16(24)4-8-20(14)31-13-18-7-9-21(32-18)23(30)27-22-19(25)12-29(28-22)11-15-2-5-17(26)6-3-15/h2-10,12H,11,13H2,1H3,(H,27,28,30). The molecule has 0 saturated heterocycles. The van der Waals surface area contributed by atoms with Crippen molar-refractivity contribution in [2.24, 2.45) is 0 Å². The van der Waals surface area contributed by atoms with Crippen molar-refractivity contribution in [2.75, 3.05) is 5.32 Å². The van der Waals surface area contributed by atoms with Crippen LogP contribution in [-0.2, 0) is 13.2 Å². The molecule has 1 amide bonds. The summed E-state index contributed by atoms with van der Waals surface area (Å²) in [5.74, 6) is 0.651. The highest BCUT2D eigenvalue weighted by atomic mass is 35.5. The summed E-state index contributed by atoms with van der Waals surface area (Å²) >= 11 is 12.1. The van der Waals surface area contributed by atoms with Crippen LogP contribution in [0.5, 0.6) is 5.75 Å². The molecule has 0 aliphatic heterocycles. The van der Waals surface area contributed by atoms with Crippen molar-refractivity contribution < 1.29 is 18.3 Å². The smallest absolute Gasteiger partial charge is 0.292 e. The third kappa shape index (κ3) is 5.30. The van der Waals surface area contributed by atoms with Gasteiger partial charge in [-0.2, -0.15) is 5.10 Å². The van der Waals surface area contributed by atoms with Gasteiger partial charge in [-0.3, -0.25) is 9.48 Å². The number of nitrogens with one attached hydrogen (secondary N) is 1. The maximum atomic E-state index is 13.1. The van der Waals surface area contributed by atoms with E-state index in [1.165, 1.54) is 12.1 Å². The number of halogens is 3. The van der Waals surface area contributed by atoms with Crippen molar-refractivity contribution in [3.63, 3.8) is 0 Å². The molecule has 0 fully saturated rings. The first-order valence-electron chi connectivity index (χ1n) is 9.64. The lowest BCUT2D eigenvalue weighted by atomic mass is 10.2. The Bertz CT molecular complexity index is 1250. The van der Waals surface area contributed by atoms with Crippen molar-refractivity contribution in [3.8, 4) is 5.75 Å². The summed E-state index contributed by atoms with van der Waals surface area (Å²) < 4.78 is 25.9. The van der Waals surface area contributed by atoms with E-state index in [2.05, 4.69) is 10.4 Å². The second-order valence-corrected chi connectivity index (χ2v) is 7.91. The number of hydrogen-bond acceptors (Lipinski definition) is 4. The number of furan rings is 1. The van der Waals surface area contributed by atoms with Crippen LogP contribution in [0.1, 0.15) is 27.4 Å². The highest BCUT2D eigenvalue weighted by molar-refractivity contribution is 6.33. The normalized spacial score (nSPS) is 10.9. The number of carbonyl (C=O) groups is 1. The van der Waals surface area contributed by atoms with E-state index in [0.29, 0.717) is 23.1 Å². The average molecular weight is 474 g/mol. The molecule has 164 valence electrons. The number of anilines is 1. The highest BCUT2D eigenvalue weighted by Crippen LogP contribution is 2.24. The SMILES string of the molecule is Cc1cc(Cl)ccc1OCc1ccc(C(=O)Nc2nn(Cc3ccc(F)cc3)cc2Cl)o1. The molecule has 32 heavy (non-hydrogen) atoms. The predicted molar refractivity (Wildman–Crippen MR) is 120 cm³/mol. The summed E-state index contributed by atoms with van der Waals surface area (Å²) in [6.07, 6.45) is 1.58. The summed E-state index contributed by atoms with van der Waals surface area (Å²) in [5.41, 5.74) is 1.74. The molecule has 0 radical (unpaired) electrons. The Balaban J connectivity index is 1.37. The van der Waals surface area contributed by atoms with Gasteiger partial charge in [-0.25, -0.2) is 4.39 Å². The molecule has 6 nitrogen and oxygen atoms in total. The van der Waals surface area contributed by atoms with Crippen molar-refractivity contribution in [1.82, 2.24) is 9.78 Å². The summed E-state index contributed by atoms with van der Waals surface area (Å²) in [6, 6.07) is 14.6. The van der Waals surface area contributed by atoms with E-state index >= 15 is 0 Å². The van der Waals surface area contributed by atoms with Gasteiger partial charge in [-0.05, 0) is 60.5 Å². The summed E-state index contributed by atoms with van der Waals surface area (Å²) in [5, 5.41) is 7.81. The van der Waals surface area contributed by atoms with Crippen LogP contribution in [-0.4, -0.2) is 15.7 Å². The maximum Gasteiger partial charge on any atom is 0.292 e. The Morgan fingerprint density at radius 2 is 1.94 bits per heavy atom. The number of benzene rings is 2. The fourth-order valence-electron chi connectivity index (χ4n) is 3.01. The van der Waals surface area contributed by atoms with Crippen LogP contribution < -0.4 is 10.1 Å². The second-order valence-electron chi connectivity index (χ2n) is 7.07. The Morgan fingerprint density at radius 1 is 1.16 bits per heavy atom. The number of carbonyl (C=O) groups excluding carboxylic acids is 1. The Labute approximate surface area is 193 Å². The quantitative estimate of drug-likeness (QED) is 0.351. The zero-order chi connectivity index (χ0) is 22.7. The molecular formula is C23H18Cl2FN3O3. The number of ether oxygens (including phenoxy) is 1. The number of rotatable bonds is 7. The molecule has 0 spiro atoms. The first-order valence-corrected chi connectivity index (χ1v) is 10.4. The van der Waals surface area contributed by atoms with Crippen LogP contribution >= 0.6 is 23.2 Å². The number of aryl methyl sites for hydroxylation is 1. The summed E-state index contributed by atoms with van der Waals surface area (Å²) in [6.45, 7) is 2.42. The van der Waals surface area contributed by atoms with Crippen LogP contribution in [0.4, 0.5) is 10.2 Å². The molecule has 0 unspecified atom stereocenters. The Morgan fingerprint density at radius 3 is 2.69 bits per heavy atom. The van der Waals surface area contributed by atoms with E-state index in [0.717, 1.165) is 11.1 Å². The van der Waals surface area contributed by atoms with E-state index in [1.54, 1.807) is 53.3 Å². The van der Waals surface area contributed by atoms with Crippen LogP contribution in [0.15, 0.2) is 65.2 Å². The van der Waals surface area contributed by atoms with E-state index in [9.17, 15) is 9.18 Å². The van der Waals surface area contributed by atoms with Gasteiger partial charge in [-0.15, -0.1) is 0 Å². The minimum Gasteiger partial charge on any atom is -0.485 e. The van der Waals surface area contributed by atoms with Gasteiger partial charge >= 0.3 is 0 Å². The third-order valence-electron chi connectivity index (χ3n) is 4.60. The highest BCUT2D eigenvalue weighted by Gasteiger charge is 2.16. The predicted octanol–water partition coefficient (Wildman–Crippen LogP) is 6.11. The Hall–Kier alpha value is -3.29. The van der Waals surface area contributed by atoms with Gasteiger partial charge in [0.15, 0.2) is 11.6 Å². The van der Waals surface area contributed by atoms with Gasteiger partial charge in [0.25, 0.3) is 5.91 Å². The third-order valence-corrected chi connectivity index (χ3v) is 5.11. The van der Waals surface area contributed by atoms with Crippen molar-refractivity contribution >= 4 is 34.9 Å². The molecule has 2 aromatic heterocycles. The first-order chi connectivity index (χ1) is 15.4. The molecule has 2 heterocycles. The van der Waals surface area contributed by atoms with Crippen molar-refractivity contribution in [3.05, 3.63) is 99.3 Å². The lowest BCUT2D eigenvalue weighted by molar-refractivity contribution is 0.0992. The van der Waals surface area contributed by atoms with Crippen LogP contribution in [0.3, 0.4) is 0 Å². The molecule has 4 rings (SSSR count). The van der Waals surface area contributed by atoms with Crippen LogP contribution in [0.25, 0.3) is 0 Å². The fourth-order valence-corrected chi connectivity index (χ4v) is 3.43. The molecule has 0 bridgehead atoms. The van der Waals surface area contributed by atoms with Gasteiger partial charge < -0.3 is 14.5 Å². The van der Waals surface area contributed by atoms with E-state index < -0.39 is 5.91 Å². The second kappa shape index (κ2) is 9.46. The average Bonchev–Trinajstić information content (AvgIpc) is 3.36. The molecule has 0 saturated carbocycles. The molecular weight excluding hydrogens is 456 g/mol. The minimum absolute atomic E-state index is 0.0978. The van der Waals surface area contributed by atoms with Crippen molar-refractivity contribution in [2.45, 2.75) is 20.1 Å². The lowest BCUT2D eigenvalue weighted by Crippen LogP contribution is -2.12. The van der Waals surface area contributed by atoms with Gasteiger partial charge in [0, 0.05) is 11.2 Å². The first kappa shape index (κ1) is 21.9. The molecule has 0 aliphatic carbocycles. The van der Waals surface area contributed by atoms with Crippen LogP contribution in [0.2, 0.25) is 10.0 Å². The van der Waals surface area contributed by atoms with Crippen molar-refractivity contribution in [1.29, 1.82) is 0 Å². The van der Waals surface area contributed by atoms with Gasteiger partial charge in [0.05, 0.1) is 6.54 Å². The largest absolute Gasteiger partial charge is 0.485 e. The topological polar surface area (TPSA) is 69.3 Å². The number of aromatic nitrogens is 2. The van der Waals surface area contributed by atoms with E-state index in [-0.39, 0.29) is 29.0 Å². The number of hydrogen-bond donors (Lipinski definition) is 1. The van der Waals surface area contributed by atoms with E-state index in [1.807, 2.05) is 6.92 Å². The maximum absolute atomic E-state index is 13.1. The number of nitrogens with zero attached hydrogens (tertiary/aromatic N) is 2. The lowest BCUT2D eigenvalue weighted by Gasteiger charge is -2.07. The summed E-state index contributed by atoms with van der Waals surface area (Å²) in [7, 11) is 0. The Kier molecular flexibility index (Phi) is 6.48. The zero-order valence-corrected chi connectivity index (χ0v) is 18.5. The van der Waals surface area contributed by atoms with Crippen LogP contribution in [0, 0.1) is 12.7 Å². The molecule has 1 N–H and O–H groups in total. The zero-order valence-electron chi connectivity index (χ0n) is 16.9. The minimum atomic E-state index is -0.493.